The minimum atomic E-state index is -0.269. The van der Waals surface area contributed by atoms with Gasteiger partial charge in [-0.15, -0.1) is 0 Å². The first-order chi connectivity index (χ1) is 15.0. The highest BCUT2D eigenvalue weighted by atomic mass is 19.1. The third kappa shape index (κ3) is 4.43. The number of hydrogen-bond donors (Lipinski definition) is 1. The number of carbonyl (C=O) groups is 1. The van der Waals surface area contributed by atoms with E-state index >= 15 is 0 Å². The molecule has 0 aliphatic carbocycles. The SMILES string of the molecule is COc1cc(/C=C2\CCCN([C@@H](C)c3ccc(F)cc3)C2=O)ccc1N1C=C(C)NC1. The van der Waals surface area contributed by atoms with Crippen LogP contribution in [0.15, 0.2) is 59.9 Å². The number of rotatable bonds is 5. The average molecular weight is 422 g/mol. The Labute approximate surface area is 182 Å². The van der Waals surface area contributed by atoms with Crippen molar-refractivity contribution in [2.24, 2.45) is 0 Å². The molecule has 31 heavy (non-hydrogen) atoms. The molecule has 4 rings (SSSR count). The van der Waals surface area contributed by atoms with Crippen LogP contribution in [0.25, 0.3) is 6.08 Å². The van der Waals surface area contributed by atoms with E-state index in [2.05, 4.69) is 16.4 Å². The largest absolute Gasteiger partial charge is 0.495 e. The van der Waals surface area contributed by atoms with Gasteiger partial charge in [-0.05, 0) is 68.2 Å². The normalized spacial score (nSPS) is 18.8. The number of methoxy groups -OCH3 is 1. The summed E-state index contributed by atoms with van der Waals surface area (Å²) in [6.45, 7) is 5.42. The van der Waals surface area contributed by atoms with Gasteiger partial charge in [0, 0.05) is 24.0 Å². The number of nitrogens with one attached hydrogen (secondary N) is 1. The molecular weight excluding hydrogens is 393 g/mol. The molecule has 0 spiro atoms. The van der Waals surface area contributed by atoms with Gasteiger partial charge < -0.3 is 19.9 Å². The van der Waals surface area contributed by atoms with Gasteiger partial charge in [-0.2, -0.15) is 0 Å². The molecule has 0 unspecified atom stereocenters. The second-order valence-electron chi connectivity index (χ2n) is 8.05. The standard InChI is InChI=1S/C25H28FN3O2/c1-17-15-28(16-27-17)23-11-6-19(14-24(23)31-3)13-21-5-4-12-29(25(21)30)18(2)20-7-9-22(26)10-8-20/h6-11,13-15,18,27H,4-5,12,16H2,1-3H3/b21-13+/t18-/m0/s1. The van der Waals surface area contributed by atoms with Crippen LogP contribution in [0.1, 0.15) is 43.9 Å². The van der Waals surface area contributed by atoms with E-state index in [1.807, 2.05) is 43.0 Å². The number of hydrogen-bond acceptors (Lipinski definition) is 4. The molecule has 2 aliphatic rings. The topological polar surface area (TPSA) is 44.8 Å². The fourth-order valence-corrected chi connectivity index (χ4v) is 4.17. The Bertz CT molecular complexity index is 1030. The molecule has 1 saturated heterocycles. The molecule has 6 heteroatoms. The maximum Gasteiger partial charge on any atom is 0.250 e. The third-order valence-electron chi connectivity index (χ3n) is 5.93. The van der Waals surface area contributed by atoms with Crippen LogP contribution in [0.4, 0.5) is 10.1 Å². The number of piperidine rings is 1. The predicted molar refractivity (Wildman–Crippen MR) is 121 cm³/mol. The van der Waals surface area contributed by atoms with Crippen molar-refractivity contribution >= 4 is 17.7 Å². The Hall–Kier alpha value is -3.28. The Kier molecular flexibility index (Phi) is 5.98. The molecule has 2 aromatic rings. The maximum absolute atomic E-state index is 13.3. The number of benzene rings is 2. The van der Waals surface area contributed by atoms with Crippen molar-refractivity contribution in [2.75, 3.05) is 25.2 Å². The molecule has 1 atom stereocenters. The van der Waals surface area contributed by atoms with Crippen LogP contribution in [-0.2, 0) is 4.79 Å². The van der Waals surface area contributed by atoms with Crippen LogP contribution < -0.4 is 15.0 Å². The summed E-state index contributed by atoms with van der Waals surface area (Å²) < 4.78 is 18.9. The zero-order chi connectivity index (χ0) is 22.0. The van der Waals surface area contributed by atoms with Gasteiger partial charge in [0.2, 0.25) is 5.91 Å². The van der Waals surface area contributed by atoms with Gasteiger partial charge in [0.25, 0.3) is 0 Å². The highest BCUT2D eigenvalue weighted by molar-refractivity contribution is 5.98. The van der Waals surface area contributed by atoms with Crippen LogP contribution >= 0.6 is 0 Å². The van der Waals surface area contributed by atoms with Crippen LogP contribution in [0, 0.1) is 5.82 Å². The van der Waals surface area contributed by atoms with Crippen molar-refractivity contribution in [3.05, 3.63) is 76.9 Å². The first-order valence-corrected chi connectivity index (χ1v) is 10.6. The molecule has 1 N–H and O–H groups in total. The van der Waals surface area contributed by atoms with Crippen LogP contribution in [0.5, 0.6) is 5.75 Å². The maximum atomic E-state index is 13.3. The summed E-state index contributed by atoms with van der Waals surface area (Å²) in [7, 11) is 1.66. The number of halogens is 1. The molecule has 0 aromatic heterocycles. The second-order valence-corrected chi connectivity index (χ2v) is 8.05. The molecule has 0 radical (unpaired) electrons. The zero-order valence-electron chi connectivity index (χ0n) is 18.2. The Morgan fingerprint density at radius 1 is 1.19 bits per heavy atom. The smallest absolute Gasteiger partial charge is 0.250 e. The zero-order valence-corrected chi connectivity index (χ0v) is 18.2. The van der Waals surface area contributed by atoms with E-state index in [1.54, 1.807) is 19.2 Å². The number of anilines is 1. The summed E-state index contributed by atoms with van der Waals surface area (Å²) >= 11 is 0. The van der Waals surface area contributed by atoms with Crippen molar-refractivity contribution in [3.63, 3.8) is 0 Å². The van der Waals surface area contributed by atoms with Gasteiger partial charge >= 0.3 is 0 Å². The molecule has 0 saturated carbocycles. The van der Waals surface area contributed by atoms with Crippen molar-refractivity contribution in [1.29, 1.82) is 0 Å². The number of carbonyl (C=O) groups excluding carboxylic acids is 1. The van der Waals surface area contributed by atoms with E-state index < -0.39 is 0 Å². The lowest BCUT2D eigenvalue weighted by molar-refractivity contribution is -0.130. The fraction of sp³-hybridized carbons (Fsp3) is 0.320. The molecule has 162 valence electrons. The number of allylic oxidation sites excluding steroid dienone is 1. The van der Waals surface area contributed by atoms with Gasteiger partial charge in [0.05, 0.1) is 25.5 Å². The number of likely N-dealkylation sites (tertiary alicyclic amines) is 1. The fourth-order valence-electron chi connectivity index (χ4n) is 4.17. The first kappa shape index (κ1) is 21.0. The number of amides is 1. The Balaban J connectivity index is 1.56. The number of nitrogens with zero attached hydrogens (tertiary/aromatic N) is 2. The quantitative estimate of drug-likeness (QED) is 0.703. The summed E-state index contributed by atoms with van der Waals surface area (Å²) in [5, 5.41) is 3.29. The molecule has 2 aliphatic heterocycles. The van der Waals surface area contributed by atoms with E-state index in [4.69, 9.17) is 4.74 Å². The lowest BCUT2D eigenvalue weighted by Gasteiger charge is -2.34. The molecule has 2 heterocycles. The molecule has 5 nitrogen and oxygen atoms in total. The van der Waals surface area contributed by atoms with Gasteiger partial charge in [-0.25, -0.2) is 4.39 Å². The summed E-state index contributed by atoms with van der Waals surface area (Å²) in [5.74, 6) is 0.532. The summed E-state index contributed by atoms with van der Waals surface area (Å²) in [5.41, 5.74) is 4.75. The van der Waals surface area contributed by atoms with Crippen LogP contribution in [-0.4, -0.2) is 31.1 Å². The van der Waals surface area contributed by atoms with E-state index in [9.17, 15) is 9.18 Å². The van der Waals surface area contributed by atoms with Crippen molar-refractivity contribution in [3.8, 4) is 5.75 Å². The van der Waals surface area contributed by atoms with Crippen molar-refractivity contribution in [1.82, 2.24) is 10.2 Å². The van der Waals surface area contributed by atoms with Gasteiger partial charge in [-0.1, -0.05) is 18.2 Å². The predicted octanol–water partition coefficient (Wildman–Crippen LogP) is 4.83. The highest BCUT2D eigenvalue weighted by Gasteiger charge is 2.28. The van der Waals surface area contributed by atoms with Crippen LogP contribution in [0.3, 0.4) is 0 Å². The second kappa shape index (κ2) is 8.84. The molecule has 1 amide bonds. The molecule has 2 aromatic carbocycles. The van der Waals surface area contributed by atoms with Gasteiger partial charge in [0.15, 0.2) is 0 Å². The molecule has 0 bridgehead atoms. The average Bonchev–Trinajstić information content (AvgIpc) is 3.21. The lowest BCUT2D eigenvalue weighted by Crippen LogP contribution is -2.38. The van der Waals surface area contributed by atoms with Crippen molar-refractivity contribution in [2.45, 2.75) is 32.7 Å². The summed E-state index contributed by atoms with van der Waals surface area (Å²) in [6.07, 6.45) is 5.66. The van der Waals surface area contributed by atoms with E-state index in [-0.39, 0.29) is 17.8 Å². The molecular formula is C25H28FN3O2. The summed E-state index contributed by atoms with van der Waals surface area (Å²) in [4.78, 5) is 17.2. The van der Waals surface area contributed by atoms with E-state index in [1.165, 1.54) is 12.1 Å². The third-order valence-corrected chi connectivity index (χ3v) is 5.93. The summed E-state index contributed by atoms with van der Waals surface area (Å²) in [6, 6.07) is 12.3. The minimum Gasteiger partial charge on any atom is -0.495 e. The Morgan fingerprint density at radius 3 is 2.65 bits per heavy atom. The lowest BCUT2D eigenvalue weighted by atomic mass is 9.97. The molecule has 1 fully saturated rings. The minimum absolute atomic E-state index is 0.0356. The van der Waals surface area contributed by atoms with Crippen molar-refractivity contribution < 1.29 is 13.9 Å². The Morgan fingerprint density at radius 2 is 1.97 bits per heavy atom. The van der Waals surface area contributed by atoms with Gasteiger partial charge in [0.1, 0.15) is 11.6 Å². The van der Waals surface area contributed by atoms with Crippen LogP contribution in [0.2, 0.25) is 0 Å². The number of ether oxygens (including phenoxy) is 1. The monoisotopic (exact) mass is 421 g/mol. The van der Waals surface area contributed by atoms with Gasteiger partial charge in [-0.3, -0.25) is 4.79 Å². The van der Waals surface area contributed by atoms with E-state index in [0.29, 0.717) is 13.2 Å². The van der Waals surface area contributed by atoms with E-state index in [0.717, 1.165) is 46.7 Å². The highest BCUT2D eigenvalue weighted by Crippen LogP contribution is 2.33. The first-order valence-electron chi connectivity index (χ1n) is 10.6.